The Morgan fingerprint density at radius 2 is 1.81 bits per heavy atom. The van der Waals surface area contributed by atoms with Crippen LogP contribution in [0, 0.1) is 11.3 Å². The van der Waals surface area contributed by atoms with Gasteiger partial charge in [-0.1, -0.05) is 6.07 Å². The number of benzene rings is 2. The fraction of sp³-hybridized carbons (Fsp3) is 0.375. The third-order valence-corrected chi connectivity index (χ3v) is 8.05. The van der Waals surface area contributed by atoms with Crippen molar-refractivity contribution >= 4 is 17.3 Å². The lowest BCUT2D eigenvalue weighted by Crippen LogP contribution is -2.49. The monoisotopic (exact) mass is 580 g/mol. The molecule has 11 nitrogen and oxygen atoms in total. The van der Waals surface area contributed by atoms with E-state index >= 15 is 0 Å². The first kappa shape index (κ1) is 28.5. The molecule has 43 heavy (non-hydrogen) atoms. The van der Waals surface area contributed by atoms with Crippen LogP contribution in [0.1, 0.15) is 18.4 Å². The van der Waals surface area contributed by atoms with Gasteiger partial charge in [0.1, 0.15) is 24.2 Å². The average molecular weight is 581 g/mol. The van der Waals surface area contributed by atoms with E-state index in [4.69, 9.17) is 14.2 Å². The Kier molecular flexibility index (Phi) is 8.96. The van der Waals surface area contributed by atoms with Crippen LogP contribution in [-0.2, 0) is 11.3 Å². The highest BCUT2D eigenvalue weighted by atomic mass is 16.5. The van der Waals surface area contributed by atoms with Crippen LogP contribution in [-0.4, -0.2) is 83.8 Å². The summed E-state index contributed by atoms with van der Waals surface area (Å²) in [5.74, 6) is 1.72. The van der Waals surface area contributed by atoms with Crippen LogP contribution in [0.3, 0.4) is 0 Å². The van der Waals surface area contributed by atoms with E-state index in [0.29, 0.717) is 36.5 Å². The Balaban J connectivity index is 1.08. The van der Waals surface area contributed by atoms with Gasteiger partial charge >= 0.3 is 0 Å². The molecule has 2 saturated heterocycles. The lowest BCUT2D eigenvalue weighted by atomic mass is 10.0. The van der Waals surface area contributed by atoms with Crippen molar-refractivity contribution in [2.45, 2.75) is 25.4 Å². The first-order valence-electron chi connectivity index (χ1n) is 14.7. The Hall–Kier alpha value is -4.66. The van der Waals surface area contributed by atoms with Crippen molar-refractivity contribution in [3.05, 3.63) is 72.8 Å². The van der Waals surface area contributed by atoms with Crippen molar-refractivity contribution in [3.63, 3.8) is 0 Å². The van der Waals surface area contributed by atoms with Gasteiger partial charge in [-0.3, -0.25) is 9.58 Å². The summed E-state index contributed by atoms with van der Waals surface area (Å²) < 4.78 is 19.0. The molecule has 0 bridgehead atoms. The van der Waals surface area contributed by atoms with E-state index in [1.807, 2.05) is 30.5 Å². The van der Waals surface area contributed by atoms with Gasteiger partial charge in [-0.2, -0.15) is 10.4 Å². The summed E-state index contributed by atoms with van der Waals surface area (Å²) in [6.45, 7) is 6.80. The van der Waals surface area contributed by atoms with Gasteiger partial charge < -0.3 is 24.4 Å². The quantitative estimate of drug-likeness (QED) is 0.291. The zero-order valence-corrected chi connectivity index (χ0v) is 24.4. The van der Waals surface area contributed by atoms with Crippen LogP contribution in [0.15, 0.2) is 67.3 Å². The summed E-state index contributed by atoms with van der Waals surface area (Å²) in [5, 5.41) is 17.0. The number of hydrogen-bond acceptors (Lipinski definition) is 10. The van der Waals surface area contributed by atoms with Crippen LogP contribution in [0.5, 0.6) is 11.5 Å². The van der Waals surface area contributed by atoms with Gasteiger partial charge in [0.15, 0.2) is 0 Å². The largest absolute Gasteiger partial charge is 0.494 e. The number of piperidine rings is 1. The minimum atomic E-state index is 0.395. The number of hydrogen-bond donors (Lipinski definition) is 1. The molecule has 0 saturated carbocycles. The number of aromatic nitrogens is 4. The maximum Gasteiger partial charge on any atom is 0.227 e. The Morgan fingerprint density at radius 3 is 2.53 bits per heavy atom. The second-order valence-corrected chi connectivity index (χ2v) is 10.6. The van der Waals surface area contributed by atoms with Crippen LogP contribution in [0.25, 0.3) is 11.1 Å². The minimum Gasteiger partial charge on any atom is -0.494 e. The number of methoxy groups -OCH3 is 1. The number of anilines is 3. The van der Waals surface area contributed by atoms with E-state index in [0.717, 1.165) is 80.5 Å². The maximum atomic E-state index is 9.53. The van der Waals surface area contributed by atoms with Crippen molar-refractivity contribution in [2.75, 3.05) is 63.3 Å². The van der Waals surface area contributed by atoms with Gasteiger partial charge in [-0.15, -0.1) is 0 Å². The third-order valence-electron chi connectivity index (χ3n) is 8.05. The second kappa shape index (κ2) is 13.5. The maximum absolute atomic E-state index is 9.53. The van der Waals surface area contributed by atoms with E-state index < -0.39 is 0 Å². The predicted molar refractivity (Wildman–Crippen MR) is 164 cm³/mol. The van der Waals surface area contributed by atoms with Gasteiger partial charge in [0.2, 0.25) is 5.95 Å². The Bertz CT molecular complexity index is 1520. The van der Waals surface area contributed by atoms with E-state index in [9.17, 15) is 5.26 Å². The number of nitrogens with zero attached hydrogens (tertiary/aromatic N) is 7. The fourth-order valence-corrected chi connectivity index (χ4v) is 5.67. The molecule has 2 aromatic heterocycles. The number of nitriles is 1. The van der Waals surface area contributed by atoms with Crippen LogP contribution >= 0.6 is 0 Å². The normalized spacial score (nSPS) is 16.0. The molecule has 0 atom stereocenters. The third kappa shape index (κ3) is 6.88. The molecule has 0 aliphatic carbocycles. The van der Waals surface area contributed by atoms with E-state index in [2.05, 4.69) is 48.4 Å². The lowest BCUT2D eigenvalue weighted by Gasteiger charge is -2.40. The van der Waals surface area contributed by atoms with E-state index in [-0.39, 0.29) is 0 Å². The van der Waals surface area contributed by atoms with Crippen LogP contribution in [0.4, 0.5) is 17.3 Å². The smallest absolute Gasteiger partial charge is 0.227 e. The zero-order chi connectivity index (χ0) is 29.4. The minimum absolute atomic E-state index is 0.395. The molecule has 0 amide bonds. The van der Waals surface area contributed by atoms with Gasteiger partial charge in [-0.05, 0) is 48.7 Å². The molecule has 0 spiro atoms. The van der Waals surface area contributed by atoms with Crippen LogP contribution < -0.4 is 19.7 Å². The van der Waals surface area contributed by atoms with Gasteiger partial charge in [0.05, 0.1) is 38.1 Å². The highest BCUT2D eigenvalue weighted by Gasteiger charge is 2.26. The summed E-state index contributed by atoms with van der Waals surface area (Å²) in [6, 6.07) is 16.4. The van der Waals surface area contributed by atoms with Gasteiger partial charge in [0, 0.05) is 74.3 Å². The highest BCUT2D eigenvalue weighted by Crippen LogP contribution is 2.33. The molecule has 4 aromatic rings. The standard InChI is InChI=1S/C32H36N8O3/c1-41-31-20-28(38-11-7-27(8-12-38)39-13-16-42-17-14-39)5-6-29(31)37-32-34-22-26(23-35-32)24-3-4-25(21-33)30(19-24)43-18-15-40-10-2-9-36-40/h2-6,9-10,19-20,22-23,27H,7-8,11-18H2,1H3,(H,34,35,37). The van der Waals surface area contributed by atoms with E-state index in [1.54, 1.807) is 36.4 Å². The van der Waals surface area contributed by atoms with Gasteiger partial charge in [-0.25, -0.2) is 9.97 Å². The van der Waals surface area contributed by atoms with Crippen molar-refractivity contribution in [2.24, 2.45) is 0 Å². The molecule has 2 fully saturated rings. The number of nitrogens with one attached hydrogen (secondary N) is 1. The predicted octanol–water partition coefficient (Wildman–Crippen LogP) is 4.34. The van der Waals surface area contributed by atoms with E-state index in [1.165, 1.54) is 0 Å². The Morgan fingerprint density at radius 1 is 1.00 bits per heavy atom. The second-order valence-electron chi connectivity index (χ2n) is 10.6. The summed E-state index contributed by atoms with van der Waals surface area (Å²) in [7, 11) is 1.68. The first-order valence-corrected chi connectivity index (χ1v) is 14.7. The highest BCUT2D eigenvalue weighted by molar-refractivity contribution is 5.70. The average Bonchev–Trinajstić information content (AvgIpc) is 3.59. The number of morpholine rings is 1. The molecule has 6 rings (SSSR count). The molecule has 222 valence electrons. The van der Waals surface area contributed by atoms with Crippen molar-refractivity contribution < 1.29 is 14.2 Å². The Labute approximate surface area is 251 Å². The zero-order valence-electron chi connectivity index (χ0n) is 24.4. The van der Waals surface area contributed by atoms with Gasteiger partial charge in [0.25, 0.3) is 0 Å². The molecular formula is C32H36N8O3. The first-order chi connectivity index (χ1) is 21.2. The molecule has 4 heterocycles. The summed E-state index contributed by atoms with van der Waals surface area (Å²) >= 11 is 0. The van der Waals surface area contributed by atoms with Crippen molar-refractivity contribution in [3.8, 4) is 28.7 Å². The number of ether oxygens (including phenoxy) is 3. The summed E-state index contributed by atoms with van der Waals surface area (Å²) in [6.07, 6.45) is 9.41. The summed E-state index contributed by atoms with van der Waals surface area (Å²) in [5.41, 5.74) is 4.10. The molecule has 0 unspecified atom stereocenters. The van der Waals surface area contributed by atoms with Crippen LogP contribution in [0.2, 0.25) is 0 Å². The SMILES string of the molecule is COc1cc(N2CCC(N3CCOCC3)CC2)ccc1Nc1ncc(-c2ccc(C#N)c(OCCn3cccn3)c2)cn1. The molecule has 11 heteroatoms. The fourth-order valence-electron chi connectivity index (χ4n) is 5.67. The van der Waals surface area contributed by atoms with Crippen molar-refractivity contribution in [1.29, 1.82) is 5.26 Å². The van der Waals surface area contributed by atoms with Crippen molar-refractivity contribution in [1.82, 2.24) is 24.6 Å². The summed E-state index contributed by atoms with van der Waals surface area (Å²) in [4.78, 5) is 14.1. The molecule has 2 aliphatic heterocycles. The lowest BCUT2D eigenvalue weighted by molar-refractivity contribution is 0.0115. The molecule has 2 aliphatic rings. The molecule has 1 N–H and O–H groups in total. The topological polar surface area (TPSA) is 114 Å². The molecule has 0 radical (unpaired) electrons. The molecular weight excluding hydrogens is 544 g/mol. The number of rotatable bonds is 10. The molecule has 2 aromatic carbocycles.